The standard InChI is InChI=1S/C24H27N2O2/c1-2-18-7-10-20(11-8-18)26-17-21(25-13-5-3-4-6-24(25)26)19-9-12-22-23(16-19)28-15-14-27-22/h7-12,16-17H,2-6,13-15H2,1H3/q+1. The molecule has 1 aromatic heterocycles. The fraction of sp³-hybridized carbons (Fsp3) is 0.375. The third kappa shape index (κ3) is 3.07. The van der Waals surface area contributed by atoms with E-state index < -0.39 is 0 Å². The number of aromatic nitrogens is 2. The maximum atomic E-state index is 5.83. The number of rotatable bonds is 3. The Kier molecular flexibility index (Phi) is 4.55. The smallest absolute Gasteiger partial charge is 0.262 e. The van der Waals surface area contributed by atoms with Crippen LogP contribution in [-0.4, -0.2) is 17.8 Å². The van der Waals surface area contributed by atoms with Crippen LogP contribution in [0.2, 0.25) is 0 Å². The third-order valence-corrected chi connectivity index (χ3v) is 5.87. The fourth-order valence-electron chi connectivity index (χ4n) is 4.32. The lowest BCUT2D eigenvalue weighted by Crippen LogP contribution is -2.38. The predicted octanol–water partition coefficient (Wildman–Crippen LogP) is 4.49. The summed E-state index contributed by atoms with van der Waals surface area (Å²) in [6.07, 6.45) is 8.25. The molecule has 2 aliphatic rings. The molecule has 0 unspecified atom stereocenters. The highest BCUT2D eigenvalue weighted by Gasteiger charge is 2.27. The summed E-state index contributed by atoms with van der Waals surface area (Å²) in [6, 6.07) is 15.3. The summed E-state index contributed by atoms with van der Waals surface area (Å²) in [5, 5.41) is 0. The van der Waals surface area contributed by atoms with Crippen molar-refractivity contribution in [2.45, 2.75) is 45.6 Å². The van der Waals surface area contributed by atoms with E-state index in [1.54, 1.807) is 0 Å². The van der Waals surface area contributed by atoms with Gasteiger partial charge in [0.2, 0.25) is 0 Å². The number of nitrogens with zero attached hydrogens (tertiary/aromatic N) is 2. The van der Waals surface area contributed by atoms with Gasteiger partial charge in [-0.15, -0.1) is 0 Å². The first-order valence-electron chi connectivity index (χ1n) is 10.5. The maximum absolute atomic E-state index is 5.83. The van der Waals surface area contributed by atoms with Crippen LogP contribution in [0.3, 0.4) is 0 Å². The highest BCUT2D eigenvalue weighted by Crippen LogP contribution is 2.34. The summed E-state index contributed by atoms with van der Waals surface area (Å²) >= 11 is 0. The summed E-state index contributed by atoms with van der Waals surface area (Å²) in [6.45, 7) is 4.51. The molecule has 0 radical (unpaired) electrons. The second kappa shape index (κ2) is 7.34. The lowest BCUT2D eigenvalue weighted by molar-refractivity contribution is -0.692. The molecule has 0 amide bonds. The van der Waals surface area contributed by atoms with Crippen LogP contribution in [0, 0.1) is 0 Å². The van der Waals surface area contributed by atoms with Gasteiger partial charge in [-0.3, -0.25) is 0 Å². The van der Waals surface area contributed by atoms with Crippen LogP contribution in [0.5, 0.6) is 11.5 Å². The summed E-state index contributed by atoms with van der Waals surface area (Å²) < 4.78 is 16.4. The first-order valence-corrected chi connectivity index (χ1v) is 10.5. The Balaban J connectivity index is 1.63. The van der Waals surface area contributed by atoms with Gasteiger partial charge in [-0.25, -0.2) is 4.57 Å². The zero-order valence-corrected chi connectivity index (χ0v) is 16.5. The Morgan fingerprint density at radius 2 is 1.75 bits per heavy atom. The van der Waals surface area contributed by atoms with Crippen LogP contribution in [-0.2, 0) is 19.4 Å². The average molecular weight is 375 g/mol. The van der Waals surface area contributed by atoms with Crippen molar-refractivity contribution < 1.29 is 14.0 Å². The third-order valence-electron chi connectivity index (χ3n) is 5.87. The van der Waals surface area contributed by atoms with Crippen molar-refractivity contribution in [3.63, 3.8) is 0 Å². The first-order chi connectivity index (χ1) is 13.8. The second-order valence-electron chi connectivity index (χ2n) is 7.64. The molecule has 5 rings (SSSR count). The van der Waals surface area contributed by atoms with Crippen molar-refractivity contribution in [3.05, 3.63) is 60.0 Å². The minimum atomic E-state index is 0.618. The molecule has 4 heteroatoms. The largest absolute Gasteiger partial charge is 0.486 e. The highest BCUT2D eigenvalue weighted by atomic mass is 16.6. The van der Waals surface area contributed by atoms with Gasteiger partial charge in [0.05, 0.1) is 6.54 Å². The Morgan fingerprint density at radius 1 is 0.929 bits per heavy atom. The van der Waals surface area contributed by atoms with Gasteiger partial charge in [-0.05, 0) is 61.6 Å². The molecule has 3 aromatic rings. The minimum Gasteiger partial charge on any atom is -0.486 e. The maximum Gasteiger partial charge on any atom is 0.262 e. The van der Waals surface area contributed by atoms with Gasteiger partial charge in [-0.1, -0.05) is 19.1 Å². The predicted molar refractivity (Wildman–Crippen MR) is 109 cm³/mol. The van der Waals surface area contributed by atoms with Crippen LogP contribution in [0.4, 0.5) is 0 Å². The zero-order chi connectivity index (χ0) is 18.9. The quantitative estimate of drug-likeness (QED) is 0.631. The van der Waals surface area contributed by atoms with Crippen molar-refractivity contribution in [1.29, 1.82) is 0 Å². The molecule has 4 nitrogen and oxygen atoms in total. The number of imidazole rings is 1. The summed E-state index contributed by atoms with van der Waals surface area (Å²) in [7, 11) is 0. The van der Waals surface area contributed by atoms with Gasteiger partial charge >= 0.3 is 0 Å². The molecule has 28 heavy (non-hydrogen) atoms. The molecule has 0 N–H and O–H groups in total. The number of aryl methyl sites for hydroxylation is 1. The van der Waals surface area contributed by atoms with E-state index in [4.69, 9.17) is 9.47 Å². The summed E-state index contributed by atoms with van der Waals surface area (Å²) in [4.78, 5) is 0. The van der Waals surface area contributed by atoms with Gasteiger partial charge < -0.3 is 9.47 Å². The first kappa shape index (κ1) is 17.4. The van der Waals surface area contributed by atoms with Gasteiger partial charge in [0.25, 0.3) is 5.82 Å². The lowest BCUT2D eigenvalue weighted by Gasteiger charge is -2.18. The van der Waals surface area contributed by atoms with E-state index in [1.165, 1.54) is 47.6 Å². The molecule has 0 spiro atoms. The van der Waals surface area contributed by atoms with Crippen molar-refractivity contribution in [2.24, 2.45) is 0 Å². The molecule has 0 saturated carbocycles. The average Bonchev–Trinajstić information content (AvgIpc) is 2.94. The van der Waals surface area contributed by atoms with Gasteiger partial charge in [0, 0.05) is 12.0 Å². The second-order valence-corrected chi connectivity index (χ2v) is 7.64. The number of fused-ring (bicyclic) bond motifs is 2. The van der Waals surface area contributed by atoms with Crippen LogP contribution in [0.25, 0.3) is 16.9 Å². The van der Waals surface area contributed by atoms with Crippen LogP contribution < -0.4 is 14.0 Å². The van der Waals surface area contributed by atoms with Gasteiger partial charge in [0.15, 0.2) is 17.2 Å². The summed E-state index contributed by atoms with van der Waals surface area (Å²) in [5.74, 6) is 3.10. The minimum absolute atomic E-state index is 0.618. The number of benzene rings is 2. The Morgan fingerprint density at radius 3 is 2.57 bits per heavy atom. The van der Waals surface area contributed by atoms with E-state index >= 15 is 0 Å². The number of hydrogen-bond donors (Lipinski definition) is 0. The molecule has 2 aliphatic heterocycles. The van der Waals surface area contributed by atoms with Crippen LogP contribution in [0.15, 0.2) is 48.7 Å². The lowest BCUT2D eigenvalue weighted by atomic mass is 10.1. The van der Waals surface area contributed by atoms with Crippen molar-refractivity contribution in [3.8, 4) is 28.4 Å². The van der Waals surface area contributed by atoms with E-state index in [0.717, 1.165) is 30.9 Å². The highest BCUT2D eigenvalue weighted by molar-refractivity contribution is 5.62. The SMILES string of the molecule is CCc1ccc(-n2cc(-c3ccc4c(c3)OCCO4)[n+]3c2CCCCC3)cc1. The Labute approximate surface area is 166 Å². The topological polar surface area (TPSA) is 27.3 Å². The molecule has 144 valence electrons. The van der Waals surface area contributed by atoms with Crippen LogP contribution >= 0.6 is 0 Å². The molecule has 3 heterocycles. The molecule has 0 atom stereocenters. The van der Waals surface area contributed by atoms with Crippen molar-refractivity contribution in [1.82, 2.24) is 4.57 Å². The van der Waals surface area contributed by atoms with Crippen LogP contribution in [0.1, 0.15) is 37.6 Å². The molecular weight excluding hydrogens is 348 g/mol. The molecular formula is C24H27N2O2+. The van der Waals surface area contributed by atoms with E-state index in [9.17, 15) is 0 Å². The number of hydrogen-bond acceptors (Lipinski definition) is 2. The van der Waals surface area contributed by atoms with Gasteiger partial charge in [-0.2, -0.15) is 4.57 Å². The van der Waals surface area contributed by atoms with E-state index in [-0.39, 0.29) is 0 Å². The molecule has 0 bridgehead atoms. The summed E-state index contributed by atoms with van der Waals surface area (Å²) in [5.41, 5.74) is 5.07. The van der Waals surface area contributed by atoms with Crippen molar-refractivity contribution >= 4 is 0 Å². The normalized spacial score (nSPS) is 15.8. The molecule has 2 aromatic carbocycles. The number of ether oxygens (including phenoxy) is 2. The Hall–Kier alpha value is -2.75. The van der Waals surface area contributed by atoms with Crippen molar-refractivity contribution in [2.75, 3.05) is 13.2 Å². The molecule has 0 saturated heterocycles. The molecule has 0 fully saturated rings. The van der Waals surface area contributed by atoms with E-state index in [1.807, 2.05) is 6.07 Å². The molecule has 0 aliphatic carbocycles. The fourth-order valence-corrected chi connectivity index (χ4v) is 4.32. The Bertz CT molecular complexity index is 989. The zero-order valence-electron chi connectivity index (χ0n) is 16.5. The van der Waals surface area contributed by atoms with E-state index in [0.29, 0.717) is 13.2 Å². The van der Waals surface area contributed by atoms with Gasteiger partial charge in [0.1, 0.15) is 25.1 Å². The monoisotopic (exact) mass is 375 g/mol. The van der Waals surface area contributed by atoms with E-state index in [2.05, 4.69) is 58.7 Å².